The maximum Gasteiger partial charge on any atom is 0.102 e. The lowest BCUT2D eigenvalue weighted by atomic mass is 9.53. The molecule has 2 aromatic carbocycles. The van der Waals surface area contributed by atoms with Gasteiger partial charge in [-0.1, -0.05) is 37.6 Å². The lowest BCUT2D eigenvalue weighted by molar-refractivity contribution is -0.177. The van der Waals surface area contributed by atoms with E-state index in [0.29, 0.717) is 29.6 Å². The Bertz CT molecular complexity index is 1450. The van der Waals surface area contributed by atoms with Crippen molar-refractivity contribution < 1.29 is 4.74 Å². The molecule has 4 aromatic rings. The Morgan fingerprint density at radius 1 is 0.769 bits per heavy atom. The average molecular weight is 525 g/mol. The van der Waals surface area contributed by atoms with Gasteiger partial charge in [0.1, 0.15) is 5.60 Å². The molecule has 204 valence electrons. The van der Waals surface area contributed by atoms with Gasteiger partial charge in [-0.15, -0.1) is 0 Å². The van der Waals surface area contributed by atoms with Crippen LogP contribution < -0.4 is 10.6 Å². The third-order valence-corrected chi connectivity index (χ3v) is 11.3. The van der Waals surface area contributed by atoms with Gasteiger partial charge in [0, 0.05) is 41.1 Å². The second-order valence-corrected chi connectivity index (χ2v) is 13.0. The van der Waals surface area contributed by atoms with Crippen molar-refractivity contribution >= 4 is 21.8 Å². The number of hydrogen-bond acceptors (Lipinski definition) is 5. The van der Waals surface area contributed by atoms with Crippen LogP contribution in [0.2, 0.25) is 0 Å². The first kappa shape index (κ1) is 24.1. The summed E-state index contributed by atoms with van der Waals surface area (Å²) in [5, 5.41) is 25.3. The maximum absolute atomic E-state index is 7.42. The summed E-state index contributed by atoms with van der Waals surface area (Å²) < 4.78 is 7.42. The molecule has 4 aliphatic rings. The number of nitrogens with zero attached hydrogens (tertiary/aromatic N) is 2. The number of aromatic amines is 2. The van der Waals surface area contributed by atoms with Crippen molar-refractivity contribution in [1.29, 1.82) is 0 Å². The molecule has 4 atom stereocenters. The number of H-pyrrole nitrogens is 2. The van der Waals surface area contributed by atoms with Crippen molar-refractivity contribution in [3.8, 4) is 0 Å². The Morgan fingerprint density at radius 3 is 1.97 bits per heavy atom. The van der Waals surface area contributed by atoms with Crippen LogP contribution in [0.25, 0.3) is 21.8 Å². The monoisotopic (exact) mass is 524 g/mol. The lowest BCUT2D eigenvalue weighted by Crippen LogP contribution is -2.60. The summed E-state index contributed by atoms with van der Waals surface area (Å²) in [7, 11) is 0. The molecule has 0 amide bonds. The molecule has 4 bridgehead atoms. The third kappa shape index (κ3) is 3.52. The van der Waals surface area contributed by atoms with Gasteiger partial charge in [0.25, 0.3) is 0 Å². The smallest absolute Gasteiger partial charge is 0.102 e. The zero-order chi connectivity index (χ0) is 26.0. The Morgan fingerprint density at radius 2 is 1.33 bits per heavy atom. The predicted molar refractivity (Wildman–Crippen MR) is 153 cm³/mol. The fourth-order valence-electron chi connectivity index (χ4n) is 9.39. The molecule has 2 saturated carbocycles. The molecule has 2 aliphatic heterocycles. The topological polar surface area (TPSA) is 90.6 Å². The number of piperidine rings is 2. The van der Waals surface area contributed by atoms with Gasteiger partial charge < -0.3 is 15.4 Å². The summed E-state index contributed by atoms with van der Waals surface area (Å²) >= 11 is 0. The Balaban J connectivity index is 1.12. The van der Waals surface area contributed by atoms with Crippen LogP contribution in [0.3, 0.4) is 0 Å². The number of ether oxygens (including phenoxy) is 1. The number of fused-ring (bicyclic) bond motifs is 6. The normalized spacial score (nSPS) is 36.4. The van der Waals surface area contributed by atoms with Crippen LogP contribution >= 0.6 is 0 Å². The summed E-state index contributed by atoms with van der Waals surface area (Å²) in [5.74, 6) is 2.74. The van der Waals surface area contributed by atoms with Crippen LogP contribution in [0, 0.1) is 29.6 Å². The van der Waals surface area contributed by atoms with Crippen LogP contribution in [-0.2, 0) is 15.8 Å². The maximum atomic E-state index is 7.42. The molecule has 4 unspecified atom stereocenters. The van der Waals surface area contributed by atoms with Gasteiger partial charge in [-0.3, -0.25) is 10.2 Å². The molecule has 4 N–H and O–H groups in total. The minimum atomic E-state index is -0.233. The van der Waals surface area contributed by atoms with Gasteiger partial charge in [0.2, 0.25) is 0 Å². The fourth-order valence-corrected chi connectivity index (χ4v) is 9.39. The fraction of sp³-hybridized carbons (Fsp3) is 0.562. The van der Waals surface area contributed by atoms with Crippen LogP contribution in [-0.4, -0.2) is 53.2 Å². The van der Waals surface area contributed by atoms with Crippen molar-refractivity contribution in [2.45, 2.75) is 50.0 Å². The predicted octanol–water partition coefficient (Wildman–Crippen LogP) is 4.87. The molecule has 2 saturated heterocycles. The molecule has 4 fully saturated rings. The minimum absolute atomic E-state index is 0.149. The van der Waals surface area contributed by atoms with Gasteiger partial charge in [-0.2, -0.15) is 10.2 Å². The molecular weight excluding hydrogens is 484 g/mol. The first-order valence-electron chi connectivity index (χ1n) is 15.1. The zero-order valence-electron chi connectivity index (χ0n) is 22.9. The molecule has 7 nitrogen and oxygen atoms in total. The van der Waals surface area contributed by atoms with E-state index in [-0.39, 0.29) is 11.0 Å². The van der Waals surface area contributed by atoms with E-state index in [0.717, 1.165) is 43.8 Å². The summed E-state index contributed by atoms with van der Waals surface area (Å²) in [6.45, 7) is 7.61. The molecule has 8 rings (SSSR count). The van der Waals surface area contributed by atoms with E-state index >= 15 is 0 Å². The third-order valence-electron chi connectivity index (χ3n) is 11.3. The van der Waals surface area contributed by atoms with Crippen LogP contribution in [0.5, 0.6) is 0 Å². The lowest BCUT2D eigenvalue weighted by Gasteiger charge is -2.56. The van der Waals surface area contributed by atoms with Gasteiger partial charge in [0.15, 0.2) is 0 Å². The van der Waals surface area contributed by atoms with Crippen molar-refractivity contribution in [1.82, 2.24) is 31.0 Å². The highest BCUT2D eigenvalue weighted by molar-refractivity contribution is 5.83. The summed E-state index contributed by atoms with van der Waals surface area (Å²) in [6.07, 6.45) is 10.2. The van der Waals surface area contributed by atoms with Gasteiger partial charge >= 0.3 is 0 Å². The van der Waals surface area contributed by atoms with E-state index in [1.54, 1.807) is 0 Å². The second-order valence-electron chi connectivity index (χ2n) is 13.0. The molecule has 7 heteroatoms. The van der Waals surface area contributed by atoms with Crippen LogP contribution in [0.1, 0.15) is 50.2 Å². The van der Waals surface area contributed by atoms with Crippen molar-refractivity contribution in [3.05, 3.63) is 59.9 Å². The highest BCUT2D eigenvalue weighted by Gasteiger charge is 2.54. The van der Waals surface area contributed by atoms with Gasteiger partial charge in [-0.05, 0) is 79.8 Å². The second kappa shape index (κ2) is 9.15. The van der Waals surface area contributed by atoms with E-state index in [1.807, 2.05) is 12.4 Å². The largest absolute Gasteiger partial charge is 0.369 e. The highest BCUT2D eigenvalue weighted by Crippen LogP contribution is 2.55. The Kier molecular flexibility index (Phi) is 5.65. The SMILES string of the molecule is CC1(c2cccc3[nH]ncc23)C2CNCC1CC(COC1(c3cccc4[nH]ncc34)C3CCCC1CNC3)C2. The number of aromatic nitrogens is 4. The molecule has 2 aromatic heterocycles. The van der Waals surface area contributed by atoms with Crippen molar-refractivity contribution in [2.75, 3.05) is 32.8 Å². The van der Waals surface area contributed by atoms with Crippen molar-refractivity contribution in [3.63, 3.8) is 0 Å². The minimum Gasteiger partial charge on any atom is -0.369 e. The standard InChI is InChI=1S/C32H40N6O/c1-31(27-7-3-9-29-25(27)17-35-37-29)23-11-20(12-24(31)16-34-15-23)19-39-32(21-5-2-6-22(32)14-33-13-21)28-8-4-10-30-26(28)18-36-38-30/h3-4,7-10,17-18,20-24,33-34H,2,5-6,11-16,19H2,1H3,(H,35,37)(H,36,38). The van der Waals surface area contributed by atoms with E-state index in [9.17, 15) is 0 Å². The number of hydrogen-bond donors (Lipinski definition) is 4. The first-order valence-corrected chi connectivity index (χ1v) is 15.1. The quantitative estimate of drug-likeness (QED) is 0.299. The number of benzene rings is 2. The van der Waals surface area contributed by atoms with E-state index in [4.69, 9.17) is 4.74 Å². The molecule has 39 heavy (non-hydrogen) atoms. The summed E-state index contributed by atoms with van der Waals surface area (Å²) in [5.41, 5.74) is 5.02. The summed E-state index contributed by atoms with van der Waals surface area (Å²) in [4.78, 5) is 0. The summed E-state index contributed by atoms with van der Waals surface area (Å²) in [6, 6.07) is 13.4. The zero-order valence-corrected chi connectivity index (χ0v) is 22.9. The van der Waals surface area contributed by atoms with Gasteiger partial charge in [-0.25, -0.2) is 0 Å². The van der Waals surface area contributed by atoms with Crippen LogP contribution in [0.4, 0.5) is 0 Å². The van der Waals surface area contributed by atoms with Crippen molar-refractivity contribution in [2.24, 2.45) is 29.6 Å². The average Bonchev–Trinajstić information content (AvgIpc) is 3.61. The molecular formula is C32H40N6O. The molecule has 4 heterocycles. The molecule has 2 aliphatic carbocycles. The van der Waals surface area contributed by atoms with E-state index < -0.39 is 0 Å². The molecule has 0 radical (unpaired) electrons. The Labute approximate surface area is 229 Å². The Hall–Kier alpha value is -2.74. The molecule has 0 spiro atoms. The highest BCUT2D eigenvalue weighted by atomic mass is 16.5. The first-order chi connectivity index (χ1) is 19.2. The van der Waals surface area contributed by atoms with E-state index in [1.165, 1.54) is 54.0 Å². The van der Waals surface area contributed by atoms with Crippen LogP contribution in [0.15, 0.2) is 48.8 Å². The van der Waals surface area contributed by atoms with E-state index in [2.05, 4.69) is 74.4 Å². The van der Waals surface area contributed by atoms with Gasteiger partial charge in [0.05, 0.1) is 30.0 Å². The number of rotatable bonds is 5. The number of nitrogens with one attached hydrogen (secondary N) is 4.